The number of nitrogens with one attached hydrogen (secondary N) is 1. The van der Waals surface area contributed by atoms with Gasteiger partial charge in [-0.25, -0.2) is 9.48 Å². The largest absolute Gasteiger partial charge is 0.477 e. The molecule has 0 aliphatic carbocycles. The first-order valence-corrected chi connectivity index (χ1v) is 6.40. The summed E-state index contributed by atoms with van der Waals surface area (Å²) >= 11 is 6.11. The number of nitro groups is 1. The Kier molecular flexibility index (Phi) is 3.26. The normalized spacial score (nSPS) is 16.4. The van der Waals surface area contributed by atoms with Crippen molar-refractivity contribution in [1.29, 1.82) is 0 Å². The average molecular weight is 322 g/mol. The van der Waals surface area contributed by atoms with Crippen LogP contribution >= 0.6 is 11.6 Å². The number of nitrogens with zero attached hydrogens (tertiary/aromatic N) is 4. The van der Waals surface area contributed by atoms with Gasteiger partial charge >= 0.3 is 5.97 Å². The van der Waals surface area contributed by atoms with Gasteiger partial charge in [0.05, 0.1) is 4.92 Å². The summed E-state index contributed by atoms with van der Waals surface area (Å²) in [6, 6.07) is 3.25. The number of benzene rings is 1. The summed E-state index contributed by atoms with van der Waals surface area (Å²) < 4.78 is 1.40. The molecule has 10 heteroatoms. The average Bonchev–Trinajstić information content (AvgIpc) is 2.94. The molecule has 0 fully saturated rings. The second-order valence-electron chi connectivity index (χ2n) is 4.45. The number of carboxylic acids is 1. The Morgan fingerprint density at radius 3 is 2.95 bits per heavy atom. The van der Waals surface area contributed by atoms with Crippen LogP contribution in [0.2, 0.25) is 5.02 Å². The molecule has 1 atom stereocenters. The lowest BCUT2D eigenvalue weighted by molar-refractivity contribution is -0.384. The molecule has 1 aromatic heterocycles. The zero-order valence-electron chi connectivity index (χ0n) is 10.8. The van der Waals surface area contributed by atoms with E-state index in [9.17, 15) is 14.9 Å². The summed E-state index contributed by atoms with van der Waals surface area (Å²) in [5, 5.41) is 26.9. The Labute approximate surface area is 128 Å². The number of aromatic nitrogens is 3. The van der Waals surface area contributed by atoms with Crippen LogP contribution in [0.3, 0.4) is 0 Å². The number of halogens is 1. The maximum absolute atomic E-state index is 11.2. The third kappa shape index (κ3) is 2.27. The van der Waals surface area contributed by atoms with E-state index in [-0.39, 0.29) is 22.4 Å². The molecule has 0 saturated heterocycles. The van der Waals surface area contributed by atoms with Crippen molar-refractivity contribution in [3.63, 3.8) is 0 Å². The number of aliphatic carboxylic acids is 1. The fourth-order valence-corrected chi connectivity index (χ4v) is 2.38. The van der Waals surface area contributed by atoms with Crippen molar-refractivity contribution in [2.75, 3.05) is 5.32 Å². The molecule has 0 spiro atoms. The van der Waals surface area contributed by atoms with Gasteiger partial charge < -0.3 is 10.4 Å². The zero-order chi connectivity index (χ0) is 15.9. The molecule has 112 valence electrons. The van der Waals surface area contributed by atoms with Crippen LogP contribution in [0, 0.1) is 10.1 Å². The van der Waals surface area contributed by atoms with Crippen LogP contribution < -0.4 is 5.32 Å². The molecule has 1 aliphatic heterocycles. The van der Waals surface area contributed by atoms with E-state index in [2.05, 4.69) is 15.4 Å². The molecular formula is C12H8ClN5O4. The van der Waals surface area contributed by atoms with Crippen LogP contribution in [-0.4, -0.2) is 30.8 Å². The molecule has 0 radical (unpaired) electrons. The number of hydrogen-bond donors (Lipinski definition) is 2. The number of non-ortho nitro benzene ring substituents is 1. The number of fused-ring (bicyclic) bond motifs is 1. The number of rotatable bonds is 3. The molecule has 2 heterocycles. The van der Waals surface area contributed by atoms with E-state index in [0.717, 1.165) is 0 Å². The number of carboxylic acid groups (broad SMARTS) is 1. The fraction of sp³-hybridized carbons (Fsp3) is 0.0833. The Morgan fingerprint density at radius 1 is 1.50 bits per heavy atom. The molecule has 1 aromatic carbocycles. The molecule has 0 amide bonds. The highest BCUT2D eigenvalue weighted by Gasteiger charge is 2.28. The van der Waals surface area contributed by atoms with E-state index in [0.29, 0.717) is 5.56 Å². The first kappa shape index (κ1) is 14.0. The lowest BCUT2D eigenvalue weighted by Crippen LogP contribution is -2.24. The second-order valence-corrected chi connectivity index (χ2v) is 4.85. The Bertz CT molecular complexity index is 816. The summed E-state index contributed by atoms with van der Waals surface area (Å²) in [7, 11) is 0. The molecular weight excluding hydrogens is 314 g/mol. The van der Waals surface area contributed by atoms with Crippen molar-refractivity contribution in [1.82, 2.24) is 14.8 Å². The van der Waals surface area contributed by atoms with Gasteiger partial charge in [0.25, 0.3) is 5.69 Å². The van der Waals surface area contributed by atoms with E-state index in [1.807, 2.05) is 0 Å². The first-order chi connectivity index (χ1) is 10.5. The van der Waals surface area contributed by atoms with E-state index < -0.39 is 16.9 Å². The van der Waals surface area contributed by atoms with Gasteiger partial charge in [-0.15, -0.1) is 0 Å². The van der Waals surface area contributed by atoms with Gasteiger partial charge in [-0.05, 0) is 12.1 Å². The third-order valence-electron chi connectivity index (χ3n) is 3.15. The molecule has 0 saturated carbocycles. The second kappa shape index (κ2) is 5.11. The molecule has 22 heavy (non-hydrogen) atoms. The maximum atomic E-state index is 11.2. The Morgan fingerprint density at radius 2 is 2.27 bits per heavy atom. The SMILES string of the molecule is O=C(O)C1=CC(c2cc([N+](=O)[O-])ccc2Cl)n2ncnc2N1. The van der Waals surface area contributed by atoms with Crippen LogP contribution in [0.15, 0.2) is 36.3 Å². The van der Waals surface area contributed by atoms with Gasteiger partial charge in [-0.2, -0.15) is 10.1 Å². The van der Waals surface area contributed by atoms with Gasteiger partial charge in [-0.3, -0.25) is 10.1 Å². The monoisotopic (exact) mass is 321 g/mol. The minimum absolute atomic E-state index is 0.104. The highest BCUT2D eigenvalue weighted by Crippen LogP contribution is 2.34. The number of anilines is 1. The number of nitro benzene ring substituents is 1. The van der Waals surface area contributed by atoms with Gasteiger partial charge in [0.15, 0.2) is 0 Å². The Balaban J connectivity index is 2.17. The third-order valence-corrected chi connectivity index (χ3v) is 3.49. The standard InChI is InChI=1S/C12H8ClN5O4/c13-8-2-1-6(18(21)22)3-7(8)10-4-9(11(19)20)16-12-14-5-15-17(10)12/h1-5,10H,(H,19,20)(H,14,15,16). The summed E-state index contributed by atoms with van der Waals surface area (Å²) in [5.41, 5.74) is 0.112. The molecule has 2 N–H and O–H groups in total. The lowest BCUT2D eigenvalue weighted by Gasteiger charge is -2.23. The number of hydrogen-bond acceptors (Lipinski definition) is 6. The predicted molar refractivity (Wildman–Crippen MR) is 75.6 cm³/mol. The topological polar surface area (TPSA) is 123 Å². The van der Waals surface area contributed by atoms with Gasteiger partial charge in [0.1, 0.15) is 18.1 Å². The van der Waals surface area contributed by atoms with Gasteiger partial charge in [-0.1, -0.05) is 11.6 Å². The fourth-order valence-electron chi connectivity index (χ4n) is 2.15. The first-order valence-electron chi connectivity index (χ1n) is 6.03. The molecule has 2 aromatic rings. The minimum Gasteiger partial charge on any atom is -0.477 e. The van der Waals surface area contributed by atoms with Crippen LogP contribution in [0.5, 0.6) is 0 Å². The molecule has 1 aliphatic rings. The van der Waals surface area contributed by atoms with E-state index in [4.69, 9.17) is 16.7 Å². The minimum atomic E-state index is -1.18. The summed E-state index contributed by atoms with van der Waals surface area (Å²) in [6.45, 7) is 0. The summed E-state index contributed by atoms with van der Waals surface area (Å²) in [5.74, 6) is -0.965. The smallest absolute Gasteiger partial charge is 0.352 e. The molecule has 1 unspecified atom stereocenters. The molecule has 9 nitrogen and oxygen atoms in total. The van der Waals surface area contributed by atoms with Crippen LogP contribution in [0.1, 0.15) is 11.6 Å². The molecule has 3 rings (SSSR count). The summed E-state index contributed by atoms with van der Waals surface area (Å²) in [4.78, 5) is 25.5. The Hall–Kier alpha value is -2.94. The van der Waals surface area contributed by atoms with Crippen molar-refractivity contribution in [3.05, 3.63) is 57.0 Å². The van der Waals surface area contributed by atoms with Crippen molar-refractivity contribution in [2.24, 2.45) is 0 Å². The van der Waals surface area contributed by atoms with Gasteiger partial charge in [0, 0.05) is 22.7 Å². The van der Waals surface area contributed by atoms with Crippen LogP contribution in [-0.2, 0) is 4.79 Å². The zero-order valence-corrected chi connectivity index (χ0v) is 11.6. The van der Waals surface area contributed by atoms with Crippen LogP contribution in [0.4, 0.5) is 11.6 Å². The van der Waals surface area contributed by atoms with Crippen molar-refractivity contribution < 1.29 is 14.8 Å². The van der Waals surface area contributed by atoms with Gasteiger partial charge in [0.2, 0.25) is 5.95 Å². The van der Waals surface area contributed by atoms with Crippen molar-refractivity contribution in [3.8, 4) is 0 Å². The quantitative estimate of drug-likeness (QED) is 0.652. The lowest BCUT2D eigenvalue weighted by atomic mass is 10.0. The highest BCUT2D eigenvalue weighted by atomic mass is 35.5. The van der Waals surface area contributed by atoms with E-state index in [1.54, 1.807) is 0 Å². The molecule has 0 bridgehead atoms. The maximum Gasteiger partial charge on any atom is 0.352 e. The van der Waals surface area contributed by atoms with Crippen LogP contribution in [0.25, 0.3) is 0 Å². The summed E-state index contributed by atoms with van der Waals surface area (Å²) in [6.07, 6.45) is 2.62. The predicted octanol–water partition coefficient (Wildman–Crippen LogP) is 1.82. The van der Waals surface area contributed by atoms with E-state index >= 15 is 0 Å². The van der Waals surface area contributed by atoms with Crippen molar-refractivity contribution >= 4 is 29.2 Å². The highest BCUT2D eigenvalue weighted by molar-refractivity contribution is 6.31. The number of carbonyl (C=O) groups is 1. The van der Waals surface area contributed by atoms with Crippen molar-refractivity contribution in [2.45, 2.75) is 6.04 Å². The van der Waals surface area contributed by atoms with E-state index in [1.165, 1.54) is 35.3 Å². The number of allylic oxidation sites excluding steroid dienone is 1.